The van der Waals surface area contributed by atoms with E-state index >= 15 is 0 Å². The maximum Gasteiger partial charge on any atom is 0.187 e. The molecule has 0 bridgehead atoms. The van der Waals surface area contributed by atoms with Gasteiger partial charge in [-0.3, -0.25) is 0 Å². The van der Waals surface area contributed by atoms with Gasteiger partial charge in [-0.2, -0.15) is 0 Å². The van der Waals surface area contributed by atoms with Gasteiger partial charge in [0.05, 0.1) is 23.9 Å². The van der Waals surface area contributed by atoms with E-state index in [1.165, 1.54) is 0 Å². The first kappa shape index (κ1) is 18.8. The van der Waals surface area contributed by atoms with Crippen molar-refractivity contribution < 1.29 is 34.6 Å². The van der Waals surface area contributed by atoms with E-state index in [9.17, 15) is 20.4 Å². The molecule has 7 unspecified atom stereocenters. The lowest BCUT2D eigenvalue weighted by atomic mass is 9.95. The highest BCUT2D eigenvalue weighted by Crippen LogP contribution is 2.38. The van der Waals surface area contributed by atoms with Crippen LogP contribution in [0.4, 0.5) is 0 Å². The molecule has 0 aliphatic carbocycles. The summed E-state index contributed by atoms with van der Waals surface area (Å²) in [5.74, 6) is 0. The monoisotopic (exact) mass is 332 g/mol. The molecule has 2 aliphatic rings. The summed E-state index contributed by atoms with van der Waals surface area (Å²) in [6.07, 6.45) is -3.34. The third-order valence-corrected chi connectivity index (χ3v) is 4.79. The number of aliphatic hydroxyl groups excluding tert-OH is 4. The van der Waals surface area contributed by atoms with Crippen LogP contribution in [0.1, 0.15) is 33.6 Å². The average molecular weight is 332 g/mol. The van der Waals surface area contributed by atoms with Crippen molar-refractivity contribution in [3.63, 3.8) is 0 Å². The van der Waals surface area contributed by atoms with E-state index in [0.29, 0.717) is 0 Å². The van der Waals surface area contributed by atoms with Gasteiger partial charge in [-0.15, -0.1) is 6.58 Å². The van der Waals surface area contributed by atoms with Crippen LogP contribution in [0.2, 0.25) is 0 Å². The van der Waals surface area contributed by atoms with Crippen LogP contribution in [0.25, 0.3) is 0 Å². The van der Waals surface area contributed by atoms with Crippen LogP contribution in [-0.2, 0) is 14.2 Å². The number of ether oxygens (including phenoxy) is 3. The summed E-state index contributed by atoms with van der Waals surface area (Å²) >= 11 is 0. The molecule has 134 valence electrons. The highest BCUT2D eigenvalue weighted by Gasteiger charge is 2.49. The van der Waals surface area contributed by atoms with E-state index in [2.05, 4.69) is 6.58 Å². The van der Waals surface area contributed by atoms with Gasteiger partial charge in [0, 0.05) is 0 Å². The first-order valence-electron chi connectivity index (χ1n) is 7.93. The van der Waals surface area contributed by atoms with Crippen LogP contribution in [0.15, 0.2) is 12.7 Å². The molecule has 2 heterocycles. The van der Waals surface area contributed by atoms with Crippen molar-refractivity contribution in [1.29, 1.82) is 0 Å². The van der Waals surface area contributed by atoms with Crippen LogP contribution < -0.4 is 0 Å². The fourth-order valence-corrected chi connectivity index (χ4v) is 3.04. The maximum atomic E-state index is 10.1. The lowest BCUT2D eigenvalue weighted by molar-refractivity contribution is -0.332. The summed E-state index contributed by atoms with van der Waals surface area (Å²) in [4.78, 5) is 0. The van der Waals surface area contributed by atoms with Crippen LogP contribution >= 0.6 is 0 Å². The fourth-order valence-electron chi connectivity index (χ4n) is 3.04. The van der Waals surface area contributed by atoms with Crippen molar-refractivity contribution >= 4 is 0 Å². The van der Waals surface area contributed by atoms with Crippen molar-refractivity contribution in [3.8, 4) is 0 Å². The smallest absolute Gasteiger partial charge is 0.187 e. The zero-order valence-electron chi connectivity index (χ0n) is 13.9. The third-order valence-electron chi connectivity index (χ3n) is 4.79. The van der Waals surface area contributed by atoms with Gasteiger partial charge in [-0.1, -0.05) is 6.08 Å². The predicted octanol–water partition coefficient (Wildman–Crippen LogP) is -0.295. The predicted molar refractivity (Wildman–Crippen MR) is 81.6 cm³/mol. The normalized spacial score (nSPS) is 45.2. The van der Waals surface area contributed by atoms with Crippen molar-refractivity contribution in [3.05, 3.63) is 12.7 Å². The standard InChI is InChI=1S/C16H28O7/c1-5-16(4)7-6-10(22-16)15(2,3)23-14-13(20)12(19)11(18)9(8-17)21-14/h5,9-14,17-20H,1,6-8H2,2-4H3. The SMILES string of the molecule is C=CC1(C)CCC(C(C)(C)OC2OC(CO)C(O)C(O)C2O)O1. The number of hydrogen-bond donors (Lipinski definition) is 4. The van der Waals surface area contributed by atoms with Gasteiger partial charge in [0.2, 0.25) is 0 Å². The van der Waals surface area contributed by atoms with E-state index < -0.39 is 48.5 Å². The number of rotatable bonds is 5. The quantitative estimate of drug-likeness (QED) is 0.512. The number of aliphatic hydroxyl groups is 4. The third kappa shape index (κ3) is 3.76. The molecular weight excluding hydrogens is 304 g/mol. The first-order chi connectivity index (χ1) is 10.6. The molecule has 4 N–H and O–H groups in total. The fraction of sp³-hybridized carbons (Fsp3) is 0.875. The Morgan fingerprint density at radius 3 is 2.43 bits per heavy atom. The maximum absolute atomic E-state index is 10.1. The second kappa shape index (κ2) is 6.76. The van der Waals surface area contributed by atoms with Crippen molar-refractivity contribution in [2.24, 2.45) is 0 Å². The highest BCUT2D eigenvalue weighted by molar-refractivity contribution is 5.02. The summed E-state index contributed by atoms with van der Waals surface area (Å²) in [5.41, 5.74) is -1.21. The first-order valence-corrected chi connectivity index (χ1v) is 7.93. The Kier molecular flexibility index (Phi) is 5.52. The van der Waals surface area contributed by atoms with Crippen LogP contribution in [-0.4, -0.2) is 75.0 Å². The molecule has 0 aromatic carbocycles. The molecule has 0 saturated carbocycles. The second-order valence-corrected chi connectivity index (χ2v) is 7.08. The summed E-state index contributed by atoms with van der Waals surface area (Å²) in [6.45, 7) is 8.87. The van der Waals surface area contributed by atoms with E-state index in [1.807, 2.05) is 20.8 Å². The van der Waals surface area contributed by atoms with E-state index in [1.54, 1.807) is 6.08 Å². The van der Waals surface area contributed by atoms with E-state index in [4.69, 9.17) is 14.2 Å². The highest BCUT2D eigenvalue weighted by atomic mass is 16.7. The largest absolute Gasteiger partial charge is 0.394 e. The van der Waals surface area contributed by atoms with Gasteiger partial charge in [-0.05, 0) is 33.6 Å². The molecule has 23 heavy (non-hydrogen) atoms. The minimum absolute atomic E-state index is 0.238. The molecule has 7 atom stereocenters. The zero-order valence-corrected chi connectivity index (χ0v) is 13.9. The van der Waals surface area contributed by atoms with Crippen LogP contribution in [0, 0.1) is 0 Å². The Bertz CT molecular complexity index is 425. The van der Waals surface area contributed by atoms with Gasteiger partial charge in [0.1, 0.15) is 24.4 Å². The molecule has 7 heteroatoms. The Morgan fingerprint density at radius 2 is 1.91 bits per heavy atom. The Balaban J connectivity index is 2.06. The van der Waals surface area contributed by atoms with Gasteiger partial charge in [0.25, 0.3) is 0 Å². The lowest BCUT2D eigenvalue weighted by Crippen LogP contribution is -2.61. The minimum atomic E-state index is -1.45. The topological polar surface area (TPSA) is 109 Å². The van der Waals surface area contributed by atoms with Gasteiger partial charge in [-0.25, -0.2) is 0 Å². The molecule has 0 aromatic heterocycles. The summed E-state index contributed by atoms with van der Waals surface area (Å²) in [5, 5.41) is 38.9. The lowest BCUT2D eigenvalue weighted by Gasteiger charge is -2.44. The molecule has 0 aromatic rings. The zero-order chi connectivity index (χ0) is 17.4. The Labute approximate surface area is 136 Å². The van der Waals surface area contributed by atoms with Gasteiger partial charge in [0.15, 0.2) is 6.29 Å². The van der Waals surface area contributed by atoms with Crippen molar-refractivity contribution in [2.45, 2.75) is 81.6 Å². The molecule has 2 rings (SSSR count). The molecular formula is C16H28O7. The van der Waals surface area contributed by atoms with E-state index in [0.717, 1.165) is 12.8 Å². The summed E-state index contributed by atoms with van der Waals surface area (Å²) in [7, 11) is 0. The minimum Gasteiger partial charge on any atom is -0.394 e. The van der Waals surface area contributed by atoms with Gasteiger partial charge >= 0.3 is 0 Å². The Hall–Kier alpha value is -0.540. The molecule has 0 amide bonds. The average Bonchev–Trinajstić information content (AvgIpc) is 2.92. The van der Waals surface area contributed by atoms with Gasteiger partial charge < -0.3 is 34.6 Å². The van der Waals surface area contributed by atoms with Crippen LogP contribution in [0.3, 0.4) is 0 Å². The molecule has 2 fully saturated rings. The van der Waals surface area contributed by atoms with Crippen molar-refractivity contribution in [2.75, 3.05) is 6.61 Å². The molecule has 7 nitrogen and oxygen atoms in total. The summed E-state index contributed by atoms with van der Waals surface area (Å²) < 4.78 is 17.2. The number of hydrogen-bond acceptors (Lipinski definition) is 7. The van der Waals surface area contributed by atoms with Crippen molar-refractivity contribution in [1.82, 2.24) is 0 Å². The molecule has 2 aliphatic heterocycles. The van der Waals surface area contributed by atoms with E-state index in [-0.39, 0.29) is 6.10 Å². The Morgan fingerprint density at radius 1 is 1.26 bits per heavy atom. The molecule has 2 saturated heterocycles. The second-order valence-electron chi connectivity index (χ2n) is 7.08. The molecule has 0 spiro atoms. The summed E-state index contributed by atoms with van der Waals surface area (Å²) in [6, 6.07) is 0. The van der Waals surface area contributed by atoms with Crippen LogP contribution in [0.5, 0.6) is 0 Å². The molecule has 0 radical (unpaired) electrons.